The average molecular weight is 707 g/mol. The van der Waals surface area contributed by atoms with Crippen LogP contribution in [0.2, 0.25) is 5.02 Å². The summed E-state index contributed by atoms with van der Waals surface area (Å²) in [6, 6.07) is 37.0. The Kier molecular flexibility index (Phi) is 6.37. The molecule has 8 heteroatoms. The van der Waals surface area contributed by atoms with Crippen LogP contribution in [0.15, 0.2) is 108 Å². The fraction of sp³-hybridized carbons (Fsp3) is 0.100. The number of benzene rings is 5. The number of fused-ring (bicyclic) bond motifs is 7. The van der Waals surface area contributed by atoms with Gasteiger partial charge < -0.3 is 9.47 Å². The van der Waals surface area contributed by atoms with Crippen molar-refractivity contribution < 1.29 is 9.47 Å². The number of nitrogens with zero attached hydrogens (tertiary/aromatic N) is 3. The van der Waals surface area contributed by atoms with Crippen LogP contribution in [0.1, 0.15) is 31.9 Å². The molecule has 230 valence electrons. The summed E-state index contributed by atoms with van der Waals surface area (Å²) in [5.41, 5.74) is 8.78. The lowest BCUT2D eigenvalue weighted by molar-refractivity contribution is 0.464. The third kappa shape index (κ3) is 4.47. The van der Waals surface area contributed by atoms with Crippen LogP contribution in [0.25, 0.3) is 38.9 Å². The van der Waals surface area contributed by atoms with Crippen molar-refractivity contribution >= 4 is 72.4 Å². The van der Waals surface area contributed by atoms with Crippen LogP contribution < -0.4 is 25.9 Å². The molecule has 4 heterocycles. The van der Waals surface area contributed by atoms with E-state index in [-0.39, 0.29) is 12.1 Å². The minimum atomic E-state index is -0.107. The second-order valence-electron chi connectivity index (χ2n) is 13.4. The highest BCUT2D eigenvalue weighted by Gasteiger charge is 2.40. The quantitative estimate of drug-likeness (QED) is 0.168. The summed E-state index contributed by atoms with van der Waals surface area (Å²) < 4.78 is 16.0. The molecule has 5 nitrogen and oxygen atoms in total. The van der Waals surface area contributed by atoms with E-state index in [1.54, 1.807) is 0 Å². The summed E-state index contributed by atoms with van der Waals surface area (Å²) in [6.45, 7) is 6.54. The Labute approximate surface area is 291 Å². The molecule has 2 aromatic heterocycles. The van der Waals surface area contributed by atoms with Gasteiger partial charge in [-0.15, -0.1) is 0 Å². The molecule has 7 aromatic rings. The van der Waals surface area contributed by atoms with Crippen molar-refractivity contribution in [2.75, 3.05) is 0 Å². The molecule has 5 aromatic carbocycles. The van der Waals surface area contributed by atoms with Crippen LogP contribution in [0.4, 0.5) is 0 Å². The van der Waals surface area contributed by atoms with Crippen molar-refractivity contribution in [1.29, 1.82) is 5.26 Å². The van der Waals surface area contributed by atoms with E-state index in [0.29, 0.717) is 22.1 Å². The second-order valence-corrected chi connectivity index (χ2v) is 14.8. The normalized spacial score (nSPS) is 13.0. The number of aromatic nitrogens is 2. The van der Waals surface area contributed by atoms with Gasteiger partial charge in [0.2, 0.25) is 0 Å². The first-order chi connectivity index (χ1) is 23.2. The van der Waals surface area contributed by atoms with Crippen molar-refractivity contribution in [2.24, 2.45) is 0 Å². The molecule has 0 unspecified atom stereocenters. The minimum Gasteiger partial charge on any atom is -0.458 e. The van der Waals surface area contributed by atoms with Gasteiger partial charge in [0, 0.05) is 25.7 Å². The number of hydrogen-bond acceptors (Lipinski definition) is 4. The summed E-state index contributed by atoms with van der Waals surface area (Å²) in [6.07, 6.45) is 0. The van der Waals surface area contributed by atoms with Crippen LogP contribution in [-0.2, 0) is 5.41 Å². The van der Waals surface area contributed by atoms with E-state index in [2.05, 4.69) is 89.8 Å². The van der Waals surface area contributed by atoms with Gasteiger partial charge in [-0.2, -0.15) is 5.26 Å². The van der Waals surface area contributed by atoms with E-state index >= 15 is 0 Å². The molecular formula is C40H26BBrClN3O2. The molecule has 0 N–H and O–H groups in total. The Morgan fingerprint density at radius 2 is 1.46 bits per heavy atom. The summed E-state index contributed by atoms with van der Waals surface area (Å²) in [5, 5.41) is 12.4. The van der Waals surface area contributed by atoms with Crippen molar-refractivity contribution in [3.05, 3.63) is 124 Å². The first-order valence-corrected chi connectivity index (χ1v) is 16.9. The Balaban J connectivity index is 1.21. The molecule has 0 bridgehead atoms. The van der Waals surface area contributed by atoms with Crippen LogP contribution in [-0.4, -0.2) is 16.3 Å². The van der Waals surface area contributed by atoms with Crippen molar-refractivity contribution in [3.63, 3.8) is 0 Å². The van der Waals surface area contributed by atoms with Crippen LogP contribution in [0.5, 0.6) is 23.0 Å². The Morgan fingerprint density at radius 1 is 0.771 bits per heavy atom. The van der Waals surface area contributed by atoms with Crippen molar-refractivity contribution in [1.82, 2.24) is 9.55 Å². The SMILES string of the molecule is CC(C)(C)c1ccc2c(c1)c1cc(C#N)ccc1n2-c1cccc(-c2ccc3c(c2)B2c4cc(Br)ccc4Oc4cc(Cl)cc(c42)O3)n1. The number of halogens is 2. The van der Waals surface area contributed by atoms with E-state index in [9.17, 15) is 5.26 Å². The smallest absolute Gasteiger partial charge is 0.260 e. The standard InChI is InChI=1S/C40H26BBrClN3O2/c1-40(2,3)24-9-12-33-28(17-24)27-15-22(21-44)7-11-32(27)46(33)38-6-4-5-31(45-38)23-8-13-34-29(16-23)41-30-18-25(42)10-14-35(30)48-37-20-26(43)19-36(47-34)39(37)41/h4-20H,1-3H3. The molecule has 48 heavy (non-hydrogen) atoms. The topological polar surface area (TPSA) is 60.1 Å². The molecule has 0 fully saturated rings. The summed E-state index contributed by atoms with van der Waals surface area (Å²) >= 11 is 10.2. The number of ether oxygens (including phenoxy) is 2. The van der Waals surface area contributed by atoms with E-state index in [0.717, 1.165) is 71.2 Å². The van der Waals surface area contributed by atoms with Crippen LogP contribution >= 0.6 is 27.5 Å². The maximum Gasteiger partial charge on any atom is 0.260 e. The monoisotopic (exact) mass is 705 g/mol. The Morgan fingerprint density at radius 3 is 2.19 bits per heavy atom. The summed E-state index contributed by atoms with van der Waals surface area (Å²) in [7, 11) is 0. The van der Waals surface area contributed by atoms with Gasteiger partial charge in [-0.05, 0) is 112 Å². The second kappa shape index (κ2) is 10.5. The van der Waals surface area contributed by atoms with Gasteiger partial charge in [0.1, 0.15) is 28.8 Å². The largest absolute Gasteiger partial charge is 0.458 e. The minimum absolute atomic E-state index is 0.0155. The first-order valence-electron chi connectivity index (χ1n) is 15.8. The summed E-state index contributed by atoms with van der Waals surface area (Å²) in [5.74, 6) is 3.78. The molecule has 0 saturated carbocycles. The van der Waals surface area contributed by atoms with Crippen LogP contribution in [0.3, 0.4) is 0 Å². The third-order valence-electron chi connectivity index (χ3n) is 9.42. The van der Waals surface area contributed by atoms with E-state index in [1.165, 1.54) is 5.56 Å². The predicted octanol–water partition coefficient (Wildman–Crippen LogP) is 9.16. The molecule has 0 radical (unpaired) electrons. The number of hydrogen-bond donors (Lipinski definition) is 0. The highest BCUT2D eigenvalue weighted by molar-refractivity contribution is 9.10. The van der Waals surface area contributed by atoms with Gasteiger partial charge in [-0.1, -0.05) is 66.5 Å². The van der Waals surface area contributed by atoms with E-state index in [1.807, 2.05) is 60.7 Å². The molecule has 9 rings (SSSR count). The van der Waals surface area contributed by atoms with Crippen molar-refractivity contribution in [3.8, 4) is 46.1 Å². The maximum atomic E-state index is 9.72. The van der Waals surface area contributed by atoms with Gasteiger partial charge in [0.05, 0.1) is 28.4 Å². The first kappa shape index (κ1) is 29.1. The van der Waals surface area contributed by atoms with Gasteiger partial charge in [-0.25, -0.2) is 4.98 Å². The lowest BCUT2D eigenvalue weighted by Gasteiger charge is -2.33. The number of pyridine rings is 1. The fourth-order valence-corrected chi connectivity index (χ4v) is 7.69. The third-order valence-corrected chi connectivity index (χ3v) is 10.1. The summed E-state index contributed by atoms with van der Waals surface area (Å²) in [4.78, 5) is 5.25. The lowest BCUT2D eigenvalue weighted by atomic mass is 9.35. The van der Waals surface area contributed by atoms with Crippen molar-refractivity contribution in [2.45, 2.75) is 26.2 Å². The van der Waals surface area contributed by atoms with Crippen LogP contribution in [0, 0.1) is 11.3 Å². The van der Waals surface area contributed by atoms with Gasteiger partial charge in [0.15, 0.2) is 0 Å². The highest BCUT2D eigenvalue weighted by Crippen LogP contribution is 2.39. The predicted molar refractivity (Wildman–Crippen MR) is 198 cm³/mol. The molecule has 2 aliphatic rings. The van der Waals surface area contributed by atoms with E-state index < -0.39 is 0 Å². The molecule has 0 aliphatic carbocycles. The lowest BCUT2D eigenvalue weighted by Crippen LogP contribution is -2.57. The van der Waals surface area contributed by atoms with Gasteiger partial charge in [-0.3, -0.25) is 4.57 Å². The Bertz CT molecular complexity index is 2550. The van der Waals surface area contributed by atoms with Gasteiger partial charge in [0.25, 0.3) is 6.71 Å². The zero-order chi connectivity index (χ0) is 32.9. The molecule has 0 spiro atoms. The number of rotatable bonds is 2. The fourth-order valence-electron chi connectivity index (χ4n) is 7.12. The molecule has 2 aliphatic heterocycles. The molecule has 0 amide bonds. The van der Waals surface area contributed by atoms with E-state index in [4.69, 9.17) is 26.1 Å². The molecular weight excluding hydrogens is 681 g/mol. The molecule has 0 saturated heterocycles. The zero-order valence-electron chi connectivity index (χ0n) is 26.3. The Hall–Kier alpha value is -5.03. The number of nitriles is 1. The van der Waals surface area contributed by atoms with Gasteiger partial charge >= 0.3 is 0 Å². The average Bonchev–Trinajstić information content (AvgIpc) is 3.40. The molecule has 0 atom stereocenters. The maximum absolute atomic E-state index is 9.72. The highest BCUT2D eigenvalue weighted by atomic mass is 79.9. The zero-order valence-corrected chi connectivity index (χ0v) is 28.6.